The smallest absolute Gasteiger partial charge is 0.0713 e. The molecule has 1 unspecified atom stereocenters. The lowest BCUT2D eigenvalue weighted by Gasteiger charge is -2.19. The number of hydrazine groups is 1. The average Bonchev–Trinajstić information content (AvgIpc) is 2.50. The van der Waals surface area contributed by atoms with E-state index in [4.69, 9.17) is 5.84 Å². The quantitative estimate of drug-likeness (QED) is 0.561. The first kappa shape index (κ1) is 14.2. The minimum absolute atomic E-state index is 0.0514. The molecule has 0 aliphatic rings. The van der Waals surface area contributed by atoms with Gasteiger partial charge >= 0.3 is 0 Å². The highest BCUT2D eigenvalue weighted by molar-refractivity contribution is 9.10. The van der Waals surface area contributed by atoms with E-state index in [0.29, 0.717) is 0 Å². The van der Waals surface area contributed by atoms with E-state index < -0.39 is 0 Å². The van der Waals surface area contributed by atoms with Crippen molar-refractivity contribution >= 4 is 26.8 Å². The summed E-state index contributed by atoms with van der Waals surface area (Å²) in [6, 6.07) is 16.4. The van der Waals surface area contributed by atoms with Crippen LogP contribution in [0.2, 0.25) is 0 Å². The summed E-state index contributed by atoms with van der Waals surface area (Å²) in [4.78, 5) is 4.41. The van der Waals surface area contributed by atoms with E-state index in [2.05, 4.69) is 69.7 Å². The van der Waals surface area contributed by atoms with Crippen molar-refractivity contribution in [2.24, 2.45) is 5.84 Å². The van der Waals surface area contributed by atoms with Crippen molar-refractivity contribution in [1.82, 2.24) is 10.4 Å². The molecule has 0 saturated carbocycles. The van der Waals surface area contributed by atoms with E-state index in [0.717, 1.165) is 26.5 Å². The zero-order valence-corrected chi connectivity index (χ0v) is 13.3. The molecule has 21 heavy (non-hydrogen) atoms. The number of aryl methyl sites for hydroxylation is 1. The van der Waals surface area contributed by atoms with Gasteiger partial charge in [-0.1, -0.05) is 40.2 Å². The van der Waals surface area contributed by atoms with Gasteiger partial charge in [0.25, 0.3) is 0 Å². The number of nitrogens with one attached hydrogen (secondary N) is 1. The minimum Gasteiger partial charge on any atom is -0.271 e. The maximum atomic E-state index is 5.81. The lowest BCUT2D eigenvalue weighted by molar-refractivity contribution is 0.634. The van der Waals surface area contributed by atoms with E-state index in [1.165, 1.54) is 5.56 Å². The van der Waals surface area contributed by atoms with Crippen LogP contribution in [-0.2, 0) is 0 Å². The predicted molar refractivity (Wildman–Crippen MR) is 89.8 cm³/mol. The number of pyridine rings is 1. The van der Waals surface area contributed by atoms with Gasteiger partial charge in [-0.05, 0) is 47.9 Å². The number of benzene rings is 2. The molecule has 0 aliphatic carbocycles. The van der Waals surface area contributed by atoms with Crippen molar-refractivity contribution in [3.8, 4) is 0 Å². The van der Waals surface area contributed by atoms with Crippen LogP contribution >= 0.6 is 15.9 Å². The van der Waals surface area contributed by atoms with Crippen molar-refractivity contribution < 1.29 is 0 Å². The second kappa shape index (κ2) is 5.93. The highest BCUT2D eigenvalue weighted by Crippen LogP contribution is 2.28. The SMILES string of the molecule is Cc1cc(Br)ccc1C(NN)c1ccc2cccnc2c1. The Kier molecular flexibility index (Phi) is 4.01. The highest BCUT2D eigenvalue weighted by Gasteiger charge is 2.15. The van der Waals surface area contributed by atoms with Gasteiger partial charge in [0.15, 0.2) is 0 Å². The number of nitrogens with zero attached hydrogens (tertiary/aromatic N) is 1. The largest absolute Gasteiger partial charge is 0.271 e. The number of hydrogen-bond acceptors (Lipinski definition) is 3. The summed E-state index contributed by atoms with van der Waals surface area (Å²) in [5.41, 5.74) is 7.35. The van der Waals surface area contributed by atoms with Crippen LogP contribution in [0, 0.1) is 6.92 Å². The summed E-state index contributed by atoms with van der Waals surface area (Å²) < 4.78 is 1.07. The van der Waals surface area contributed by atoms with Crippen molar-refractivity contribution in [3.63, 3.8) is 0 Å². The van der Waals surface area contributed by atoms with Gasteiger partial charge in [0.1, 0.15) is 0 Å². The van der Waals surface area contributed by atoms with E-state index >= 15 is 0 Å². The topological polar surface area (TPSA) is 50.9 Å². The van der Waals surface area contributed by atoms with E-state index in [9.17, 15) is 0 Å². The number of fused-ring (bicyclic) bond motifs is 1. The van der Waals surface area contributed by atoms with Crippen LogP contribution in [0.25, 0.3) is 10.9 Å². The third kappa shape index (κ3) is 2.83. The second-order valence-electron chi connectivity index (χ2n) is 5.06. The van der Waals surface area contributed by atoms with Crippen LogP contribution in [0.4, 0.5) is 0 Å². The Balaban J connectivity index is 2.09. The standard InChI is InChI=1S/C17H16BrN3/c1-11-9-14(18)6-7-15(11)17(21-19)13-5-4-12-3-2-8-20-16(12)10-13/h2-10,17,21H,19H2,1H3. The fraction of sp³-hybridized carbons (Fsp3) is 0.118. The summed E-state index contributed by atoms with van der Waals surface area (Å²) in [5, 5.41) is 1.13. The first-order valence-electron chi connectivity index (χ1n) is 6.76. The maximum absolute atomic E-state index is 5.81. The number of nitrogens with two attached hydrogens (primary N) is 1. The molecule has 1 heterocycles. The molecule has 3 nitrogen and oxygen atoms in total. The first-order chi connectivity index (χ1) is 10.2. The maximum Gasteiger partial charge on any atom is 0.0713 e. The molecule has 3 rings (SSSR count). The zero-order valence-electron chi connectivity index (χ0n) is 11.7. The first-order valence-corrected chi connectivity index (χ1v) is 7.55. The average molecular weight is 342 g/mol. The molecule has 0 amide bonds. The molecule has 0 aliphatic heterocycles. The Labute approximate surface area is 132 Å². The molecule has 0 fully saturated rings. The molecular formula is C17H16BrN3. The molecule has 0 saturated heterocycles. The molecule has 3 N–H and O–H groups in total. The summed E-state index contributed by atoms with van der Waals surface area (Å²) in [5.74, 6) is 5.81. The molecule has 4 heteroatoms. The van der Waals surface area contributed by atoms with E-state index in [1.807, 2.05) is 18.3 Å². The molecule has 1 atom stereocenters. The van der Waals surface area contributed by atoms with Crippen LogP contribution in [-0.4, -0.2) is 4.98 Å². The summed E-state index contributed by atoms with van der Waals surface area (Å²) in [7, 11) is 0. The predicted octanol–water partition coefficient (Wildman–Crippen LogP) is 3.86. The van der Waals surface area contributed by atoms with Crippen molar-refractivity contribution in [1.29, 1.82) is 0 Å². The van der Waals surface area contributed by atoms with Crippen LogP contribution in [0.5, 0.6) is 0 Å². The van der Waals surface area contributed by atoms with Crippen LogP contribution < -0.4 is 11.3 Å². The van der Waals surface area contributed by atoms with Gasteiger partial charge in [-0.25, -0.2) is 5.43 Å². The molecule has 2 aromatic carbocycles. The minimum atomic E-state index is -0.0514. The van der Waals surface area contributed by atoms with Gasteiger partial charge < -0.3 is 0 Å². The molecule has 0 bridgehead atoms. The molecular weight excluding hydrogens is 326 g/mol. The summed E-state index contributed by atoms with van der Waals surface area (Å²) in [6.07, 6.45) is 1.81. The Bertz CT molecular complexity index is 786. The second-order valence-corrected chi connectivity index (χ2v) is 5.97. The lowest BCUT2D eigenvalue weighted by Crippen LogP contribution is -2.29. The molecule has 1 aromatic heterocycles. The summed E-state index contributed by atoms with van der Waals surface area (Å²) in [6.45, 7) is 2.09. The fourth-order valence-electron chi connectivity index (χ4n) is 2.59. The van der Waals surface area contributed by atoms with Crippen LogP contribution in [0.1, 0.15) is 22.7 Å². The zero-order chi connectivity index (χ0) is 14.8. The van der Waals surface area contributed by atoms with Gasteiger partial charge in [-0.2, -0.15) is 0 Å². The van der Waals surface area contributed by atoms with Gasteiger partial charge in [0.2, 0.25) is 0 Å². The number of rotatable bonds is 3. The number of aromatic nitrogens is 1. The van der Waals surface area contributed by atoms with Crippen molar-refractivity contribution in [2.75, 3.05) is 0 Å². The Morgan fingerprint density at radius 2 is 2.00 bits per heavy atom. The van der Waals surface area contributed by atoms with Crippen LogP contribution in [0.3, 0.4) is 0 Å². The Hall–Kier alpha value is -1.75. The van der Waals surface area contributed by atoms with Crippen molar-refractivity contribution in [3.05, 3.63) is 75.9 Å². The summed E-state index contributed by atoms with van der Waals surface area (Å²) >= 11 is 3.49. The Morgan fingerprint density at radius 3 is 2.76 bits per heavy atom. The van der Waals surface area contributed by atoms with E-state index in [1.54, 1.807) is 0 Å². The normalized spacial score (nSPS) is 12.5. The molecule has 106 valence electrons. The monoisotopic (exact) mass is 341 g/mol. The number of hydrogen-bond donors (Lipinski definition) is 2. The Morgan fingerprint density at radius 1 is 1.14 bits per heavy atom. The molecule has 0 spiro atoms. The third-order valence-electron chi connectivity index (χ3n) is 3.67. The van der Waals surface area contributed by atoms with Gasteiger partial charge in [0.05, 0.1) is 11.6 Å². The number of halogens is 1. The van der Waals surface area contributed by atoms with Gasteiger partial charge in [-0.3, -0.25) is 10.8 Å². The lowest BCUT2D eigenvalue weighted by atomic mass is 9.95. The molecule has 3 aromatic rings. The van der Waals surface area contributed by atoms with Crippen molar-refractivity contribution in [2.45, 2.75) is 13.0 Å². The van der Waals surface area contributed by atoms with Gasteiger partial charge in [0, 0.05) is 16.1 Å². The third-order valence-corrected chi connectivity index (χ3v) is 4.17. The van der Waals surface area contributed by atoms with Crippen LogP contribution in [0.15, 0.2) is 59.2 Å². The fourth-order valence-corrected chi connectivity index (χ4v) is 3.07. The molecule has 0 radical (unpaired) electrons. The van der Waals surface area contributed by atoms with E-state index in [-0.39, 0.29) is 6.04 Å². The highest BCUT2D eigenvalue weighted by atomic mass is 79.9. The van der Waals surface area contributed by atoms with Gasteiger partial charge in [-0.15, -0.1) is 0 Å².